The number of nitrogens with zero attached hydrogens (tertiary/aromatic N) is 1. The summed E-state index contributed by atoms with van der Waals surface area (Å²) in [7, 11) is 1.66. The first-order chi connectivity index (χ1) is 8.99. The molecule has 0 saturated heterocycles. The molecule has 2 unspecified atom stereocenters. The van der Waals surface area contributed by atoms with Gasteiger partial charge in [-0.3, -0.25) is 4.99 Å². The smallest absolute Gasteiger partial charge is 0.354 e. The summed E-state index contributed by atoms with van der Waals surface area (Å²) in [4.78, 5) is 4.10. The average molecular weight is 405 g/mol. The lowest BCUT2D eigenvalue weighted by atomic mass is 9.85. The number of hydrogen-bond donors (Lipinski definition) is 2. The van der Waals surface area contributed by atoms with E-state index in [1.807, 2.05) is 0 Å². The molecule has 0 aliphatic heterocycles. The maximum absolute atomic E-state index is 12.7. The van der Waals surface area contributed by atoms with Crippen LogP contribution in [0.4, 0.5) is 13.2 Å². The number of halogens is 4. The highest BCUT2D eigenvalue weighted by Gasteiger charge is 2.42. The Morgan fingerprint density at radius 3 is 2.05 bits per heavy atom. The third kappa shape index (κ3) is 4.96. The molecule has 0 heterocycles. The largest absolute Gasteiger partial charge is 0.391 e. The number of hydrogen-bond acceptors (Lipinski definition) is 1. The maximum atomic E-state index is 12.7. The molecule has 2 aliphatic carbocycles. The Kier molecular flexibility index (Phi) is 6.87. The molecule has 0 bridgehead atoms. The molecule has 2 atom stereocenters. The second-order valence-electron chi connectivity index (χ2n) is 5.59. The van der Waals surface area contributed by atoms with Gasteiger partial charge in [-0.05, 0) is 38.5 Å². The van der Waals surface area contributed by atoms with Crippen LogP contribution in [-0.2, 0) is 0 Å². The number of nitrogens with one attached hydrogen (secondary N) is 2. The predicted molar refractivity (Wildman–Crippen MR) is 84.5 cm³/mol. The van der Waals surface area contributed by atoms with E-state index in [1.54, 1.807) is 7.05 Å². The van der Waals surface area contributed by atoms with Crippen molar-refractivity contribution < 1.29 is 13.2 Å². The maximum Gasteiger partial charge on any atom is 0.391 e. The molecule has 2 rings (SSSR count). The minimum Gasteiger partial charge on any atom is -0.354 e. The molecule has 0 aromatic heterocycles. The molecule has 0 spiro atoms. The van der Waals surface area contributed by atoms with Crippen molar-refractivity contribution in [3.63, 3.8) is 0 Å². The van der Waals surface area contributed by atoms with Crippen LogP contribution in [0.5, 0.6) is 0 Å². The van der Waals surface area contributed by atoms with Gasteiger partial charge in [0.05, 0.1) is 5.92 Å². The summed E-state index contributed by atoms with van der Waals surface area (Å²) in [5.74, 6) is -0.516. The van der Waals surface area contributed by atoms with E-state index in [1.165, 1.54) is 6.42 Å². The topological polar surface area (TPSA) is 36.4 Å². The van der Waals surface area contributed by atoms with E-state index in [0.29, 0.717) is 18.4 Å². The lowest BCUT2D eigenvalue weighted by Crippen LogP contribution is -2.51. The second-order valence-corrected chi connectivity index (χ2v) is 5.59. The Morgan fingerprint density at radius 1 is 1.00 bits per heavy atom. The van der Waals surface area contributed by atoms with E-state index >= 15 is 0 Å². The summed E-state index contributed by atoms with van der Waals surface area (Å²) < 4.78 is 38.2. The highest BCUT2D eigenvalue weighted by Crippen LogP contribution is 2.37. The first-order valence-corrected chi connectivity index (χ1v) is 7.05. The van der Waals surface area contributed by atoms with Gasteiger partial charge in [0.1, 0.15) is 0 Å². The molecule has 0 aromatic carbocycles. The zero-order valence-corrected chi connectivity index (χ0v) is 14.0. The van der Waals surface area contributed by atoms with Crippen molar-refractivity contribution in [3.8, 4) is 0 Å². The molecule has 7 heteroatoms. The van der Waals surface area contributed by atoms with Gasteiger partial charge in [0, 0.05) is 19.1 Å². The number of guanidine groups is 1. The van der Waals surface area contributed by atoms with Crippen LogP contribution in [0.15, 0.2) is 4.99 Å². The summed E-state index contributed by atoms with van der Waals surface area (Å²) in [6, 6.07) is 0.319. The van der Waals surface area contributed by atoms with E-state index in [2.05, 4.69) is 15.6 Å². The molecule has 118 valence electrons. The van der Waals surface area contributed by atoms with Crippen LogP contribution in [0.1, 0.15) is 44.9 Å². The fraction of sp³-hybridized carbons (Fsp3) is 0.923. The van der Waals surface area contributed by atoms with Crippen LogP contribution in [0.3, 0.4) is 0 Å². The number of aliphatic imine (C=N–C) groups is 1. The molecule has 2 N–H and O–H groups in total. The van der Waals surface area contributed by atoms with E-state index in [0.717, 1.165) is 19.3 Å². The van der Waals surface area contributed by atoms with Gasteiger partial charge >= 0.3 is 6.18 Å². The van der Waals surface area contributed by atoms with E-state index in [-0.39, 0.29) is 42.9 Å². The molecule has 2 aliphatic rings. The van der Waals surface area contributed by atoms with Crippen molar-refractivity contribution in [3.05, 3.63) is 0 Å². The zero-order chi connectivity index (χ0) is 13.9. The Hall–Kier alpha value is -0.210. The van der Waals surface area contributed by atoms with Gasteiger partial charge in [-0.1, -0.05) is 6.42 Å². The van der Waals surface area contributed by atoms with Crippen LogP contribution in [0.25, 0.3) is 0 Å². The van der Waals surface area contributed by atoms with Gasteiger partial charge in [-0.25, -0.2) is 0 Å². The van der Waals surface area contributed by atoms with Gasteiger partial charge in [-0.15, -0.1) is 24.0 Å². The minimum atomic E-state index is -4.06. The van der Waals surface area contributed by atoms with Crippen molar-refractivity contribution in [1.29, 1.82) is 0 Å². The van der Waals surface area contributed by atoms with Crippen LogP contribution < -0.4 is 10.6 Å². The average Bonchev–Trinajstić information content (AvgIpc) is 2.31. The van der Waals surface area contributed by atoms with Gasteiger partial charge in [0.25, 0.3) is 0 Å². The third-order valence-corrected chi connectivity index (χ3v) is 4.15. The second kappa shape index (κ2) is 7.70. The standard InChI is InChI=1S/C13H22F3N3.HI/c1-17-12(18-10-5-3-6-10)19-11-7-2-4-9(8-11)13(14,15)16;/h9-11H,2-8H2,1H3,(H2,17,18,19);1H. The fourth-order valence-electron chi connectivity index (χ4n) is 2.73. The summed E-state index contributed by atoms with van der Waals surface area (Å²) in [5.41, 5.74) is 0. The Balaban J connectivity index is 0.00000200. The fourth-order valence-corrected chi connectivity index (χ4v) is 2.73. The van der Waals surface area contributed by atoms with Crippen LogP contribution in [0.2, 0.25) is 0 Å². The number of alkyl halides is 3. The lowest BCUT2D eigenvalue weighted by molar-refractivity contribution is -0.183. The SMILES string of the molecule is CN=C(NC1CCC1)NC1CCCC(C(F)(F)F)C1.I. The van der Waals surface area contributed by atoms with Crippen molar-refractivity contribution in [2.75, 3.05) is 7.05 Å². The van der Waals surface area contributed by atoms with Gasteiger partial charge in [0.2, 0.25) is 0 Å². The Bertz CT molecular complexity index is 329. The molecule has 3 nitrogen and oxygen atoms in total. The van der Waals surface area contributed by atoms with Crippen LogP contribution in [-0.4, -0.2) is 31.3 Å². The summed E-state index contributed by atoms with van der Waals surface area (Å²) in [5, 5.41) is 6.41. The van der Waals surface area contributed by atoms with Gasteiger partial charge in [0.15, 0.2) is 5.96 Å². The molecule has 2 saturated carbocycles. The quantitative estimate of drug-likeness (QED) is 0.420. The van der Waals surface area contributed by atoms with Crippen LogP contribution in [0, 0.1) is 5.92 Å². The molecular formula is C13H23F3IN3. The summed E-state index contributed by atoms with van der Waals surface area (Å²) >= 11 is 0. The summed E-state index contributed by atoms with van der Waals surface area (Å²) in [6.45, 7) is 0. The van der Waals surface area contributed by atoms with Crippen LogP contribution >= 0.6 is 24.0 Å². The Labute approximate surface area is 135 Å². The number of rotatable bonds is 2. The van der Waals surface area contributed by atoms with E-state index < -0.39 is 12.1 Å². The van der Waals surface area contributed by atoms with Crippen molar-refractivity contribution in [2.24, 2.45) is 10.9 Å². The monoisotopic (exact) mass is 405 g/mol. The van der Waals surface area contributed by atoms with Crippen molar-refractivity contribution >= 4 is 29.9 Å². The normalized spacial score (nSPS) is 28.3. The van der Waals surface area contributed by atoms with Crippen molar-refractivity contribution in [2.45, 2.75) is 63.2 Å². The predicted octanol–water partition coefficient (Wildman–Crippen LogP) is 3.44. The highest BCUT2D eigenvalue weighted by molar-refractivity contribution is 14.0. The van der Waals surface area contributed by atoms with Gasteiger partial charge in [-0.2, -0.15) is 13.2 Å². The van der Waals surface area contributed by atoms with E-state index in [4.69, 9.17) is 0 Å². The van der Waals surface area contributed by atoms with Gasteiger partial charge < -0.3 is 10.6 Å². The molecule has 0 radical (unpaired) electrons. The first kappa shape index (κ1) is 17.8. The molecule has 20 heavy (non-hydrogen) atoms. The highest BCUT2D eigenvalue weighted by atomic mass is 127. The molecule has 0 aromatic rings. The van der Waals surface area contributed by atoms with E-state index in [9.17, 15) is 13.2 Å². The molecule has 0 amide bonds. The molecule has 2 fully saturated rings. The molecular weight excluding hydrogens is 382 g/mol. The summed E-state index contributed by atoms with van der Waals surface area (Å²) in [6.07, 6.45) is 1.23. The zero-order valence-electron chi connectivity index (χ0n) is 11.7. The Morgan fingerprint density at radius 2 is 1.55 bits per heavy atom. The third-order valence-electron chi connectivity index (χ3n) is 4.15. The first-order valence-electron chi connectivity index (χ1n) is 7.05. The van der Waals surface area contributed by atoms with Crippen molar-refractivity contribution in [1.82, 2.24) is 10.6 Å². The lowest BCUT2D eigenvalue weighted by Gasteiger charge is -2.34. The minimum absolute atomic E-state index is 0.